The number of hydrogen-bond donors (Lipinski definition) is 1. The number of nitrogens with zero attached hydrogens (tertiary/aromatic N) is 2. The molecule has 7 nitrogen and oxygen atoms in total. The van der Waals surface area contributed by atoms with Gasteiger partial charge < -0.3 is 10.2 Å². The molecule has 0 spiro atoms. The van der Waals surface area contributed by atoms with E-state index in [1.165, 1.54) is 42.3 Å². The molecular formula is C28H31Cl2N3O4S. The molecule has 0 saturated heterocycles. The second-order valence-electron chi connectivity index (χ2n) is 8.97. The summed E-state index contributed by atoms with van der Waals surface area (Å²) in [6.07, 6.45) is 0.342. The zero-order valence-electron chi connectivity index (χ0n) is 21.7. The first-order valence-corrected chi connectivity index (χ1v) is 14.3. The van der Waals surface area contributed by atoms with Gasteiger partial charge in [-0.05, 0) is 56.2 Å². The summed E-state index contributed by atoms with van der Waals surface area (Å²) >= 11 is 12.3. The van der Waals surface area contributed by atoms with Crippen LogP contribution < -0.4 is 9.62 Å². The highest BCUT2D eigenvalue weighted by Crippen LogP contribution is 2.31. The van der Waals surface area contributed by atoms with E-state index in [2.05, 4.69) is 5.32 Å². The van der Waals surface area contributed by atoms with Gasteiger partial charge in [0.2, 0.25) is 11.8 Å². The topological polar surface area (TPSA) is 86.8 Å². The summed E-state index contributed by atoms with van der Waals surface area (Å²) < 4.78 is 28.7. The summed E-state index contributed by atoms with van der Waals surface area (Å²) in [6.45, 7) is 5.17. The number of amides is 2. The van der Waals surface area contributed by atoms with Crippen LogP contribution in [0.3, 0.4) is 0 Å². The van der Waals surface area contributed by atoms with E-state index >= 15 is 0 Å². The molecule has 0 saturated carbocycles. The van der Waals surface area contributed by atoms with E-state index in [1.54, 1.807) is 19.1 Å². The van der Waals surface area contributed by atoms with Gasteiger partial charge in [0.1, 0.15) is 12.6 Å². The van der Waals surface area contributed by atoms with Crippen molar-refractivity contribution in [1.82, 2.24) is 10.2 Å². The van der Waals surface area contributed by atoms with Gasteiger partial charge in [-0.15, -0.1) is 0 Å². The van der Waals surface area contributed by atoms with E-state index in [0.717, 1.165) is 21.0 Å². The largest absolute Gasteiger partial charge is 0.357 e. The molecule has 1 N–H and O–H groups in total. The molecule has 0 aliphatic carbocycles. The number of halogens is 2. The van der Waals surface area contributed by atoms with Crippen molar-refractivity contribution < 1.29 is 18.0 Å². The van der Waals surface area contributed by atoms with Crippen molar-refractivity contribution >= 4 is 50.7 Å². The summed E-state index contributed by atoms with van der Waals surface area (Å²) in [6, 6.07) is 17.5. The molecule has 3 aromatic carbocycles. The van der Waals surface area contributed by atoms with Gasteiger partial charge >= 0.3 is 0 Å². The number of anilines is 1. The molecule has 0 radical (unpaired) electrons. The van der Waals surface area contributed by atoms with Gasteiger partial charge in [-0.1, -0.05) is 77.7 Å². The highest BCUT2D eigenvalue weighted by Gasteiger charge is 2.33. The lowest BCUT2D eigenvalue weighted by Crippen LogP contribution is -2.51. The smallest absolute Gasteiger partial charge is 0.264 e. The van der Waals surface area contributed by atoms with Gasteiger partial charge in [-0.25, -0.2) is 8.42 Å². The molecule has 0 aromatic heterocycles. The fourth-order valence-corrected chi connectivity index (χ4v) is 5.80. The van der Waals surface area contributed by atoms with E-state index < -0.39 is 28.5 Å². The molecule has 202 valence electrons. The van der Waals surface area contributed by atoms with Crippen molar-refractivity contribution in [2.45, 2.75) is 44.7 Å². The fraction of sp³-hybridized carbons (Fsp3) is 0.286. The lowest BCUT2D eigenvalue weighted by Gasteiger charge is -2.33. The van der Waals surface area contributed by atoms with Crippen LogP contribution in [0.15, 0.2) is 71.6 Å². The average Bonchev–Trinajstić information content (AvgIpc) is 2.88. The number of carbonyl (C=O) groups excluding carboxylic acids is 2. The van der Waals surface area contributed by atoms with Crippen LogP contribution in [0.5, 0.6) is 0 Å². The number of hydrogen-bond acceptors (Lipinski definition) is 4. The maximum Gasteiger partial charge on any atom is 0.264 e. The predicted molar refractivity (Wildman–Crippen MR) is 152 cm³/mol. The first-order chi connectivity index (χ1) is 18.0. The average molecular weight is 577 g/mol. The summed E-state index contributed by atoms with van der Waals surface area (Å²) in [5, 5.41) is 3.01. The quantitative estimate of drug-likeness (QED) is 0.352. The maximum absolute atomic E-state index is 13.9. The Morgan fingerprint density at radius 3 is 2.18 bits per heavy atom. The molecule has 0 heterocycles. The third-order valence-electron chi connectivity index (χ3n) is 6.15. The van der Waals surface area contributed by atoms with Crippen LogP contribution in [0.25, 0.3) is 0 Å². The Labute approximate surface area is 234 Å². The van der Waals surface area contributed by atoms with Crippen molar-refractivity contribution in [2.24, 2.45) is 0 Å². The van der Waals surface area contributed by atoms with Crippen LogP contribution in [-0.4, -0.2) is 44.8 Å². The third kappa shape index (κ3) is 6.87. The van der Waals surface area contributed by atoms with Gasteiger partial charge in [0.15, 0.2) is 0 Å². The predicted octanol–water partition coefficient (Wildman–Crippen LogP) is 5.36. The first-order valence-electron chi connectivity index (χ1n) is 12.1. The number of benzene rings is 3. The molecule has 0 aliphatic rings. The van der Waals surface area contributed by atoms with Crippen molar-refractivity contribution in [3.8, 4) is 0 Å². The Bertz CT molecular complexity index is 1410. The molecule has 0 aliphatic heterocycles. The Balaban J connectivity index is 2.09. The lowest BCUT2D eigenvalue weighted by atomic mass is 10.1. The molecule has 10 heteroatoms. The number of aryl methyl sites for hydroxylation is 2. The summed E-state index contributed by atoms with van der Waals surface area (Å²) in [7, 11) is -2.68. The molecule has 38 heavy (non-hydrogen) atoms. The minimum absolute atomic E-state index is 0.0190. The highest BCUT2D eigenvalue weighted by molar-refractivity contribution is 7.92. The van der Waals surface area contributed by atoms with Crippen LogP contribution in [0.2, 0.25) is 10.0 Å². The third-order valence-corrected chi connectivity index (χ3v) is 8.67. The Morgan fingerprint density at radius 2 is 1.61 bits per heavy atom. The molecule has 0 unspecified atom stereocenters. The Kier molecular flexibility index (Phi) is 9.82. The standard InChI is InChI=1S/C28H31Cl2N3O4S/c1-5-26(28(35)31-4)32(17-21-8-6-7-20(3)15-21)27(34)18-33(22-11-14-24(29)25(30)16-22)38(36,37)23-12-9-19(2)10-13-23/h6-16,26H,5,17-18H2,1-4H3,(H,31,35)/t26-/m0/s1. The summed E-state index contributed by atoms with van der Waals surface area (Å²) in [5.41, 5.74) is 2.89. The fourth-order valence-electron chi connectivity index (χ4n) is 4.10. The van der Waals surface area contributed by atoms with Crippen LogP contribution in [0, 0.1) is 13.8 Å². The van der Waals surface area contributed by atoms with Crippen molar-refractivity contribution in [3.05, 3.63) is 93.5 Å². The molecule has 0 bridgehead atoms. The van der Waals surface area contributed by atoms with Gasteiger partial charge in [0, 0.05) is 13.6 Å². The van der Waals surface area contributed by atoms with E-state index in [-0.39, 0.29) is 33.1 Å². The number of rotatable bonds is 10. The van der Waals surface area contributed by atoms with E-state index in [0.29, 0.717) is 6.42 Å². The minimum Gasteiger partial charge on any atom is -0.357 e. The Hall–Kier alpha value is -3.07. The van der Waals surface area contributed by atoms with Crippen molar-refractivity contribution in [2.75, 3.05) is 17.9 Å². The number of carbonyl (C=O) groups is 2. The van der Waals surface area contributed by atoms with Crippen LogP contribution >= 0.6 is 23.2 Å². The maximum atomic E-state index is 13.9. The zero-order valence-corrected chi connectivity index (χ0v) is 24.1. The van der Waals surface area contributed by atoms with Crippen molar-refractivity contribution in [3.63, 3.8) is 0 Å². The van der Waals surface area contributed by atoms with Crippen LogP contribution in [0.4, 0.5) is 5.69 Å². The Morgan fingerprint density at radius 1 is 0.921 bits per heavy atom. The molecule has 1 atom stereocenters. The molecule has 0 fully saturated rings. The van der Waals surface area contributed by atoms with Crippen LogP contribution in [0.1, 0.15) is 30.0 Å². The second-order valence-corrected chi connectivity index (χ2v) is 11.6. The minimum atomic E-state index is -4.18. The van der Waals surface area contributed by atoms with Crippen molar-refractivity contribution in [1.29, 1.82) is 0 Å². The molecular weight excluding hydrogens is 545 g/mol. The van der Waals surface area contributed by atoms with E-state index in [1.807, 2.05) is 38.1 Å². The second kappa shape index (κ2) is 12.7. The normalized spacial score (nSPS) is 12.1. The van der Waals surface area contributed by atoms with Gasteiger partial charge in [-0.3, -0.25) is 13.9 Å². The van der Waals surface area contributed by atoms with Gasteiger partial charge in [0.05, 0.1) is 20.6 Å². The first kappa shape index (κ1) is 29.5. The highest BCUT2D eigenvalue weighted by atomic mass is 35.5. The molecule has 2 amide bonds. The van der Waals surface area contributed by atoms with Crippen LogP contribution in [-0.2, 0) is 26.2 Å². The van der Waals surface area contributed by atoms with Gasteiger partial charge in [-0.2, -0.15) is 0 Å². The van der Waals surface area contributed by atoms with E-state index in [4.69, 9.17) is 23.2 Å². The number of likely N-dealkylation sites (N-methyl/N-ethyl adjacent to an activating group) is 1. The van der Waals surface area contributed by atoms with Gasteiger partial charge in [0.25, 0.3) is 10.0 Å². The number of sulfonamides is 1. The zero-order chi connectivity index (χ0) is 28.0. The molecule has 3 rings (SSSR count). The molecule has 3 aromatic rings. The number of nitrogens with one attached hydrogen (secondary N) is 1. The SMILES string of the molecule is CC[C@@H](C(=O)NC)N(Cc1cccc(C)c1)C(=O)CN(c1ccc(Cl)c(Cl)c1)S(=O)(=O)c1ccc(C)cc1. The summed E-state index contributed by atoms with van der Waals surface area (Å²) in [5.74, 6) is -0.875. The summed E-state index contributed by atoms with van der Waals surface area (Å²) in [4.78, 5) is 28.1. The monoisotopic (exact) mass is 575 g/mol. The lowest BCUT2D eigenvalue weighted by molar-refractivity contribution is -0.140. The van der Waals surface area contributed by atoms with E-state index in [9.17, 15) is 18.0 Å².